The van der Waals surface area contributed by atoms with Gasteiger partial charge in [-0.05, 0) is 44.1 Å². The number of hydrogen-bond acceptors (Lipinski definition) is 2. The molecule has 0 aromatic heterocycles. The lowest BCUT2D eigenvalue weighted by Gasteiger charge is -2.21. The Labute approximate surface area is 110 Å². The van der Waals surface area contributed by atoms with Gasteiger partial charge in [0.2, 0.25) is 7.37 Å². The van der Waals surface area contributed by atoms with Crippen LogP contribution in [0.1, 0.15) is 36.8 Å². The molecule has 1 saturated carbocycles. The Morgan fingerprint density at radius 3 is 2.72 bits per heavy atom. The van der Waals surface area contributed by atoms with Crippen LogP contribution < -0.4 is 0 Å². The monoisotopic (exact) mass is 266 g/mol. The van der Waals surface area contributed by atoms with Gasteiger partial charge in [0.05, 0.1) is 6.61 Å². The summed E-state index contributed by atoms with van der Waals surface area (Å²) >= 11 is 0. The van der Waals surface area contributed by atoms with E-state index in [0.717, 1.165) is 0 Å². The zero-order chi connectivity index (χ0) is 13.2. The molecular weight excluding hydrogens is 243 g/mol. The van der Waals surface area contributed by atoms with Crippen molar-refractivity contribution in [3.8, 4) is 0 Å². The normalized spacial score (nSPS) is 20.4. The highest BCUT2D eigenvalue weighted by molar-refractivity contribution is 7.58. The van der Waals surface area contributed by atoms with Gasteiger partial charge in [-0.1, -0.05) is 29.8 Å². The van der Waals surface area contributed by atoms with E-state index in [1.165, 1.54) is 24.0 Å². The first kappa shape index (κ1) is 13.8. The molecule has 0 N–H and O–H groups in total. The average Bonchev–Trinajstić information content (AvgIpc) is 3.09. The Bertz CT molecular complexity index is 452. The standard InChI is InChI=1S/C15H23O2P/c1-4-17-18(3,16)11-15(13-8-9-13)14-7-5-6-12(2)10-14/h5-7,10,13,15H,4,8-9,11H2,1-3H3. The van der Waals surface area contributed by atoms with E-state index in [-0.39, 0.29) is 0 Å². The first-order valence-corrected chi connectivity index (χ1v) is 9.05. The summed E-state index contributed by atoms with van der Waals surface area (Å²) in [6.45, 7) is 6.34. The number of aryl methyl sites for hydroxylation is 1. The van der Waals surface area contributed by atoms with E-state index in [9.17, 15) is 4.57 Å². The SMILES string of the molecule is CCOP(C)(=O)CC(c1cccc(C)c1)C1CC1. The number of benzene rings is 1. The second-order valence-corrected chi connectivity index (χ2v) is 8.12. The zero-order valence-corrected chi connectivity index (χ0v) is 12.5. The third-order valence-corrected chi connectivity index (χ3v) is 5.45. The fourth-order valence-corrected chi connectivity index (χ4v) is 4.48. The Balaban J connectivity index is 2.16. The van der Waals surface area contributed by atoms with Crippen molar-refractivity contribution in [3.63, 3.8) is 0 Å². The maximum Gasteiger partial charge on any atom is 0.200 e. The molecule has 1 aromatic carbocycles. The molecule has 2 unspecified atom stereocenters. The largest absolute Gasteiger partial charge is 0.329 e. The molecule has 0 radical (unpaired) electrons. The smallest absolute Gasteiger partial charge is 0.200 e. The van der Waals surface area contributed by atoms with E-state index in [4.69, 9.17) is 4.52 Å². The molecule has 0 aliphatic heterocycles. The van der Waals surface area contributed by atoms with Crippen LogP contribution >= 0.6 is 7.37 Å². The van der Waals surface area contributed by atoms with Gasteiger partial charge >= 0.3 is 0 Å². The highest BCUT2D eigenvalue weighted by Crippen LogP contribution is 2.53. The van der Waals surface area contributed by atoms with Crippen molar-refractivity contribution < 1.29 is 9.09 Å². The molecule has 1 aliphatic carbocycles. The lowest BCUT2D eigenvalue weighted by molar-refractivity contribution is 0.334. The highest BCUT2D eigenvalue weighted by Gasteiger charge is 2.36. The number of hydrogen-bond donors (Lipinski definition) is 0. The van der Waals surface area contributed by atoms with Crippen LogP contribution in [0.5, 0.6) is 0 Å². The molecule has 3 heteroatoms. The summed E-state index contributed by atoms with van der Waals surface area (Å²) in [6.07, 6.45) is 3.23. The van der Waals surface area contributed by atoms with Gasteiger partial charge in [-0.3, -0.25) is 4.57 Å². The number of rotatable bonds is 6. The lowest BCUT2D eigenvalue weighted by atomic mass is 9.95. The van der Waals surface area contributed by atoms with Crippen LogP contribution in [0.15, 0.2) is 24.3 Å². The predicted molar refractivity (Wildman–Crippen MR) is 76.7 cm³/mol. The van der Waals surface area contributed by atoms with Crippen LogP contribution in [-0.4, -0.2) is 19.4 Å². The molecular formula is C15H23O2P. The van der Waals surface area contributed by atoms with Crippen LogP contribution in [0.25, 0.3) is 0 Å². The van der Waals surface area contributed by atoms with Crippen LogP contribution in [0, 0.1) is 12.8 Å². The summed E-state index contributed by atoms with van der Waals surface area (Å²) in [4.78, 5) is 0. The molecule has 18 heavy (non-hydrogen) atoms. The summed E-state index contributed by atoms with van der Waals surface area (Å²) in [5, 5.41) is 0. The van der Waals surface area contributed by atoms with Crippen LogP contribution in [0.3, 0.4) is 0 Å². The maximum atomic E-state index is 12.4. The van der Waals surface area contributed by atoms with Crippen molar-refractivity contribution >= 4 is 7.37 Å². The summed E-state index contributed by atoms with van der Waals surface area (Å²) in [5.41, 5.74) is 2.61. The van der Waals surface area contributed by atoms with Crippen molar-refractivity contribution in [2.24, 2.45) is 5.92 Å². The predicted octanol–water partition coefficient (Wildman–Crippen LogP) is 4.43. The van der Waals surface area contributed by atoms with Crippen molar-refractivity contribution in [2.75, 3.05) is 19.4 Å². The topological polar surface area (TPSA) is 26.3 Å². The van der Waals surface area contributed by atoms with Gasteiger partial charge in [0.25, 0.3) is 0 Å². The van der Waals surface area contributed by atoms with Gasteiger partial charge in [0.1, 0.15) is 0 Å². The van der Waals surface area contributed by atoms with Crippen molar-refractivity contribution in [1.29, 1.82) is 0 Å². The minimum Gasteiger partial charge on any atom is -0.329 e. The molecule has 0 heterocycles. The fraction of sp³-hybridized carbons (Fsp3) is 0.600. The van der Waals surface area contributed by atoms with Gasteiger partial charge < -0.3 is 4.52 Å². The maximum absolute atomic E-state index is 12.4. The third-order valence-electron chi connectivity index (χ3n) is 3.59. The van der Waals surface area contributed by atoms with E-state index < -0.39 is 7.37 Å². The quantitative estimate of drug-likeness (QED) is 0.712. The van der Waals surface area contributed by atoms with Crippen molar-refractivity contribution in [1.82, 2.24) is 0 Å². The van der Waals surface area contributed by atoms with E-state index in [1.54, 1.807) is 6.66 Å². The summed E-state index contributed by atoms with van der Waals surface area (Å²) in [5.74, 6) is 1.12. The second kappa shape index (κ2) is 5.59. The molecule has 0 amide bonds. The van der Waals surface area contributed by atoms with E-state index in [0.29, 0.717) is 24.6 Å². The van der Waals surface area contributed by atoms with Crippen molar-refractivity contribution in [3.05, 3.63) is 35.4 Å². The van der Waals surface area contributed by atoms with Gasteiger partial charge in [0.15, 0.2) is 0 Å². The average molecular weight is 266 g/mol. The van der Waals surface area contributed by atoms with Crippen molar-refractivity contribution in [2.45, 2.75) is 32.6 Å². The highest BCUT2D eigenvalue weighted by atomic mass is 31.2. The summed E-state index contributed by atoms with van der Waals surface area (Å²) < 4.78 is 17.8. The van der Waals surface area contributed by atoms with E-state index >= 15 is 0 Å². The molecule has 1 fully saturated rings. The molecule has 0 bridgehead atoms. The van der Waals surface area contributed by atoms with Crippen LogP contribution in [-0.2, 0) is 9.09 Å². The molecule has 0 spiro atoms. The zero-order valence-electron chi connectivity index (χ0n) is 11.6. The molecule has 2 rings (SSSR count). The van der Waals surface area contributed by atoms with Gasteiger partial charge in [-0.2, -0.15) is 0 Å². The minimum absolute atomic E-state index is 0.410. The molecule has 100 valence electrons. The van der Waals surface area contributed by atoms with Crippen LogP contribution in [0.4, 0.5) is 0 Å². The van der Waals surface area contributed by atoms with Gasteiger partial charge in [-0.25, -0.2) is 0 Å². The van der Waals surface area contributed by atoms with E-state index in [2.05, 4.69) is 31.2 Å². The van der Waals surface area contributed by atoms with E-state index in [1.807, 2.05) is 6.92 Å². The molecule has 2 atom stereocenters. The molecule has 2 nitrogen and oxygen atoms in total. The Morgan fingerprint density at radius 2 is 2.17 bits per heavy atom. The second-order valence-electron chi connectivity index (χ2n) is 5.47. The molecule has 1 aromatic rings. The molecule has 1 aliphatic rings. The Morgan fingerprint density at radius 1 is 1.44 bits per heavy atom. The Kier molecular flexibility index (Phi) is 4.29. The lowest BCUT2D eigenvalue weighted by Crippen LogP contribution is -2.09. The molecule has 0 saturated heterocycles. The van der Waals surface area contributed by atoms with Gasteiger partial charge in [0, 0.05) is 12.8 Å². The third kappa shape index (κ3) is 3.70. The van der Waals surface area contributed by atoms with Crippen LogP contribution in [0.2, 0.25) is 0 Å². The summed E-state index contributed by atoms with van der Waals surface area (Å²) in [6, 6.07) is 8.61. The summed E-state index contributed by atoms with van der Waals surface area (Å²) in [7, 11) is -2.44. The van der Waals surface area contributed by atoms with Gasteiger partial charge in [-0.15, -0.1) is 0 Å². The first-order valence-electron chi connectivity index (χ1n) is 6.79. The minimum atomic E-state index is -2.44. The Hall–Kier alpha value is -0.590. The fourth-order valence-electron chi connectivity index (χ4n) is 2.61. The first-order chi connectivity index (χ1) is 8.52.